The molecule has 0 heterocycles. The Hall–Kier alpha value is -1.76. The number of esters is 1. The molecule has 0 saturated carbocycles. The van der Waals surface area contributed by atoms with Crippen LogP contribution in [0, 0.1) is 13.8 Å². The van der Waals surface area contributed by atoms with Crippen molar-refractivity contribution in [3.8, 4) is 0 Å². The molecule has 7 heteroatoms. The molecule has 0 aliphatic rings. The molecule has 3 N–H and O–H groups in total. The van der Waals surface area contributed by atoms with Gasteiger partial charge in [0.25, 0.3) is 0 Å². The van der Waals surface area contributed by atoms with Gasteiger partial charge in [0.05, 0.1) is 24.2 Å². The number of ether oxygens (including phenoxy) is 1. The van der Waals surface area contributed by atoms with E-state index >= 15 is 0 Å². The number of carbonyl (C=O) groups excluding carboxylic acids is 1. The van der Waals surface area contributed by atoms with E-state index in [9.17, 15) is 13.2 Å². The summed E-state index contributed by atoms with van der Waals surface area (Å²) in [6.07, 6.45) is 0.270. The number of hydrogen-bond donors (Lipinski definition) is 2. The molecule has 0 aliphatic carbocycles. The number of rotatable bonds is 6. The summed E-state index contributed by atoms with van der Waals surface area (Å²) >= 11 is 0. The summed E-state index contributed by atoms with van der Waals surface area (Å²) in [6.45, 7) is 3.68. The fourth-order valence-corrected chi connectivity index (χ4v) is 2.90. The number of hydrogen-bond acceptors (Lipinski definition) is 5. The summed E-state index contributed by atoms with van der Waals surface area (Å²) in [5.41, 5.74) is 8.32. The van der Waals surface area contributed by atoms with Gasteiger partial charge < -0.3 is 10.5 Å². The Kier molecular flexibility index (Phi) is 5.38. The van der Waals surface area contributed by atoms with Crippen molar-refractivity contribution in [2.24, 2.45) is 0 Å². The lowest BCUT2D eigenvalue weighted by molar-refractivity contribution is -0.140. The topological polar surface area (TPSA) is 98.5 Å². The quantitative estimate of drug-likeness (QED) is 0.614. The molecule has 0 unspecified atom stereocenters. The standard InChI is InChI=1S/C13H20N2O4S/c1-9-6-7-11(14)13(10(9)2)15-20(17,18)8-4-5-12(16)19-3/h6-7,15H,4-5,8,14H2,1-3H3. The Bertz CT molecular complexity index is 597. The molecule has 0 saturated heterocycles. The van der Waals surface area contributed by atoms with Crippen LogP contribution in [0.4, 0.5) is 11.4 Å². The second-order valence-electron chi connectivity index (χ2n) is 4.57. The van der Waals surface area contributed by atoms with E-state index in [4.69, 9.17) is 5.73 Å². The van der Waals surface area contributed by atoms with Crippen LogP contribution in [0.2, 0.25) is 0 Å². The second-order valence-corrected chi connectivity index (χ2v) is 6.41. The normalized spacial score (nSPS) is 11.2. The molecule has 0 bridgehead atoms. The van der Waals surface area contributed by atoms with Crippen molar-refractivity contribution < 1.29 is 17.9 Å². The van der Waals surface area contributed by atoms with Crippen molar-refractivity contribution in [2.45, 2.75) is 26.7 Å². The van der Waals surface area contributed by atoms with Crippen LogP contribution in [0.25, 0.3) is 0 Å². The lowest BCUT2D eigenvalue weighted by Gasteiger charge is -2.14. The van der Waals surface area contributed by atoms with E-state index in [1.165, 1.54) is 7.11 Å². The molecule has 1 rings (SSSR count). The van der Waals surface area contributed by atoms with Crippen LogP contribution in [0.5, 0.6) is 0 Å². The number of nitrogen functional groups attached to an aromatic ring is 1. The molecule has 1 aromatic carbocycles. The highest BCUT2D eigenvalue weighted by atomic mass is 32.2. The number of sulfonamides is 1. The number of anilines is 2. The summed E-state index contributed by atoms with van der Waals surface area (Å²) < 4.78 is 30.9. The van der Waals surface area contributed by atoms with Gasteiger partial charge in [0.1, 0.15) is 0 Å². The zero-order chi connectivity index (χ0) is 15.3. The minimum Gasteiger partial charge on any atom is -0.469 e. The van der Waals surface area contributed by atoms with Gasteiger partial charge in [0, 0.05) is 6.42 Å². The van der Waals surface area contributed by atoms with E-state index in [1.807, 2.05) is 13.0 Å². The lowest BCUT2D eigenvalue weighted by atomic mass is 10.1. The number of nitrogens with one attached hydrogen (secondary N) is 1. The first-order valence-electron chi connectivity index (χ1n) is 6.20. The number of carbonyl (C=O) groups is 1. The molecule has 0 radical (unpaired) electrons. The predicted molar refractivity (Wildman–Crippen MR) is 79.0 cm³/mol. The van der Waals surface area contributed by atoms with Crippen molar-refractivity contribution in [2.75, 3.05) is 23.3 Å². The van der Waals surface area contributed by atoms with Gasteiger partial charge in [-0.3, -0.25) is 9.52 Å². The highest BCUT2D eigenvalue weighted by Gasteiger charge is 2.15. The third kappa shape index (κ3) is 4.41. The molecule has 0 aliphatic heterocycles. The van der Waals surface area contributed by atoms with Gasteiger partial charge in [-0.25, -0.2) is 8.42 Å². The molecule has 0 aromatic heterocycles. The smallest absolute Gasteiger partial charge is 0.305 e. The fourth-order valence-electron chi connectivity index (χ4n) is 1.69. The largest absolute Gasteiger partial charge is 0.469 e. The Balaban J connectivity index is 2.77. The van der Waals surface area contributed by atoms with E-state index < -0.39 is 16.0 Å². The maximum absolute atomic E-state index is 12.0. The summed E-state index contributed by atoms with van der Waals surface area (Å²) in [5.74, 6) is -0.582. The molecule has 0 fully saturated rings. The fraction of sp³-hybridized carbons (Fsp3) is 0.462. The van der Waals surface area contributed by atoms with Crippen molar-refractivity contribution in [1.82, 2.24) is 0 Å². The molecule has 1 aromatic rings. The van der Waals surface area contributed by atoms with Crippen LogP contribution >= 0.6 is 0 Å². The van der Waals surface area contributed by atoms with Gasteiger partial charge in [0.2, 0.25) is 10.0 Å². The predicted octanol–water partition coefficient (Wildman–Crippen LogP) is 1.58. The molecule has 0 spiro atoms. The van der Waals surface area contributed by atoms with E-state index in [0.717, 1.165) is 11.1 Å². The van der Waals surface area contributed by atoms with E-state index in [0.29, 0.717) is 11.4 Å². The number of benzene rings is 1. The van der Waals surface area contributed by atoms with E-state index in [1.54, 1.807) is 13.0 Å². The maximum Gasteiger partial charge on any atom is 0.305 e. The Morgan fingerprint density at radius 2 is 2.00 bits per heavy atom. The zero-order valence-corrected chi connectivity index (χ0v) is 12.7. The number of nitrogens with two attached hydrogens (primary N) is 1. The summed E-state index contributed by atoms with van der Waals surface area (Å²) in [5, 5.41) is 0. The van der Waals surface area contributed by atoms with Crippen molar-refractivity contribution in [3.63, 3.8) is 0 Å². The van der Waals surface area contributed by atoms with Gasteiger partial charge in [-0.05, 0) is 37.5 Å². The van der Waals surface area contributed by atoms with Crippen molar-refractivity contribution in [3.05, 3.63) is 23.3 Å². The van der Waals surface area contributed by atoms with Gasteiger partial charge in [0.15, 0.2) is 0 Å². The Labute approximate surface area is 119 Å². The molecule has 6 nitrogen and oxygen atoms in total. The summed E-state index contributed by atoms with van der Waals surface area (Å²) in [7, 11) is -2.27. The number of aryl methyl sites for hydroxylation is 1. The van der Waals surface area contributed by atoms with E-state index in [2.05, 4.69) is 9.46 Å². The van der Waals surface area contributed by atoms with Crippen LogP contribution in [-0.4, -0.2) is 27.2 Å². The van der Waals surface area contributed by atoms with Gasteiger partial charge in [-0.15, -0.1) is 0 Å². The molecule has 20 heavy (non-hydrogen) atoms. The monoisotopic (exact) mass is 300 g/mol. The minimum absolute atomic E-state index is 0.0691. The van der Waals surface area contributed by atoms with Crippen molar-refractivity contribution in [1.29, 1.82) is 0 Å². The Morgan fingerprint density at radius 3 is 2.60 bits per heavy atom. The van der Waals surface area contributed by atoms with Gasteiger partial charge in [-0.1, -0.05) is 6.07 Å². The first kappa shape index (κ1) is 16.3. The first-order valence-corrected chi connectivity index (χ1v) is 7.85. The maximum atomic E-state index is 12.0. The third-order valence-corrected chi connectivity index (χ3v) is 4.39. The Morgan fingerprint density at radius 1 is 1.35 bits per heavy atom. The molecule has 112 valence electrons. The lowest BCUT2D eigenvalue weighted by Crippen LogP contribution is -2.19. The van der Waals surface area contributed by atoms with E-state index in [-0.39, 0.29) is 18.6 Å². The van der Waals surface area contributed by atoms with Crippen molar-refractivity contribution >= 4 is 27.4 Å². The molecule has 0 amide bonds. The van der Waals surface area contributed by atoms with Crippen LogP contribution in [0.1, 0.15) is 24.0 Å². The van der Waals surface area contributed by atoms with Gasteiger partial charge in [-0.2, -0.15) is 0 Å². The SMILES string of the molecule is COC(=O)CCCS(=O)(=O)Nc1c(N)ccc(C)c1C. The molecular formula is C13H20N2O4S. The minimum atomic E-state index is -3.54. The van der Waals surface area contributed by atoms with Gasteiger partial charge >= 0.3 is 5.97 Å². The van der Waals surface area contributed by atoms with Crippen LogP contribution in [0.15, 0.2) is 12.1 Å². The zero-order valence-electron chi connectivity index (χ0n) is 11.9. The summed E-state index contributed by atoms with van der Waals surface area (Å²) in [6, 6.07) is 3.49. The first-order chi connectivity index (χ1) is 9.26. The van der Waals surface area contributed by atoms with Crippen LogP contribution in [0.3, 0.4) is 0 Å². The highest BCUT2D eigenvalue weighted by molar-refractivity contribution is 7.92. The molecular weight excluding hydrogens is 280 g/mol. The number of methoxy groups -OCH3 is 1. The molecule has 0 atom stereocenters. The average Bonchev–Trinajstić information content (AvgIpc) is 2.39. The summed E-state index contributed by atoms with van der Waals surface area (Å²) in [4.78, 5) is 11.0. The van der Waals surface area contributed by atoms with Crippen LogP contribution in [-0.2, 0) is 19.6 Å². The average molecular weight is 300 g/mol. The highest BCUT2D eigenvalue weighted by Crippen LogP contribution is 2.26. The van der Waals surface area contributed by atoms with Crippen LogP contribution < -0.4 is 10.5 Å². The third-order valence-electron chi connectivity index (χ3n) is 3.05. The second kappa shape index (κ2) is 6.60.